The number of hydrogen-bond donors (Lipinski definition) is 1. The summed E-state index contributed by atoms with van der Waals surface area (Å²) in [6, 6.07) is 8.39. The number of amides is 1. The normalized spacial score (nSPS) is 20.4. The minimum absolute atomic E-state index is 0.0163. The summed E-state index contributed by atoms with van der Waals surface area (Å²) < 4.78 is 26.6. The number of hydrogen-bond acceptors (Lipinski definition) is 7. The molecule has 2 heterocycles. The molecule has 2 aliphatic rings. The number of anilines is 2. The van der Waals surface area contributed by atoms with Gasteiger partial charge in [0.1, 0.15) is 18.2 Å². The van der Waals surface area contributed by atoms with Crippen molar-refractivity contribution in [2.75, 3.05) is 33.1 Å². The molecule has 38 heavy (non-hydrogen) atoms. The summed E-state index contributed by atoms with van der Waals surface area (Å²) in [5.41, 5.74) is 0.816. The summed E-state index contributed by atoms with van der Waals surface area (Å²) in [5.74, 6) is 1.03. The number of fused-ring (bicyclic) bond motifs is 1. The number of nitrogens with zero attached hydrogens (tertiary/aromatic N) is 4. The highest BCUT2D eigenvalue weighted by Gasteiger charge is 2.39. The second-order valence-corrected chi connectivity index (χ2v) is 10.5. The Hall–Kier alpha value is -3.17. The van der Waals surface area contributed by atoms with Gasteiger partial charge in [-0.15, -0.1) is 0 Å². The molecule has 2 aromatic carbocycles. The molecule has 1 saturated carbocycles. The summed E-state index contributed by atoms with van der Waals surface area (Å²) in [7, 11) is 5.47. The van der Waals surface area contributed by atoms with Crippen LogP contribution in [0.15, 0.2) is 36.7 Å². The highest BCUT2D eigenvalue weighted by molar-refractivity contribution is 6.31. The van der Waals surface area contributed by atoms with E-state index < -0.39 is 5.82 Å². The molecule has 1 unspecified atom stereocenters. The van der Waals surface area contributed by atoms with Crippen LogP contribution in [0.4, 0.5) is 15.9 Å². The van der Waals surface area contributed by atoms with Gasteiger partial charge >= 0.3 is 0 Å². The zero-order valence-electron chi connectivity index (χ0n) is 21.9. The molecule has 0 radical (unpaired) electrons. The Morgan fingerprint density at radius 1 is 1.18 bits per heavy atom. The Morgan fingerprint density at radius 3 is 2.74 bits per heavy atom. The van der Waals surface area contributed by atoms with Gasteiger partial charge in [-0.1, -0.05) is 36.9 Å². The van der Waals surface area contributed by atoms with Gasteiger partial charge in [0.15, 0.2) is 17.3 Å². The van der Waals surface area contributed by atoms with Gasteiger partial charge in [0.2, 0.25) is 5.91 Å². The van der Waals surface area contributed by atoms with Crippen LogP contribution < -0.4 is 14.8 Å². The van der Waals surface area contributed by atoms with Crippen LogP contribution in [-0.4, -0.2) is 71.6 Å². The van der Waals surface area contributed by atoms with E-state index >= 15 is 0 Å². The van der Waals surface area contributed by atoms with E-state index in [9.17, 15) is 9.18 Å². The van der Waals surface area contributed by atoms with Crippen LogP contribution in [0.1, 0.15) is 38.5 Å². The summed E-state index contributed by atoms with van der Waals surface area (Å²) >= 11 is 5.95. The van der Waals surface area contributed by atoms with E-state index in [4.69, 9.17) is 21.1 Å². The van der Waals surface area contributed by atoms with E-state index in [-0.39, 0.29) is 28.8 Å². The van der Waals surface area contributed by atoms with Gasteiger partial charge in [0, 0.05) is 37.5 Å². The summed E-state index contributed by atoms with van der Waals surface area (Å²) in [4.78, 5) is 26.1. The summed E-state index contributed by atoms with van der Waals surface area (Å²) in [6.45, 7) is 0.611. The molecular formula is C28H33ClFN5O3. The number of ether oxygens (including phenoxy) is 2. The molecule has 2 fully saturated rings. The van der Waals surface area contributed by atoms with Gasteiger partial charge in [-0.05, 0) is 38.1 Å². The first kappa shape index (κ1) is 26.4. The minimum atomic E-state index is -0.561. The summed E-state index contributed by atoms with van der Waals surface area (Å²) in [5, 5.41) is 3.68. The lowest BCUT2D eigenvalue weighted by Crippen LogP contribution is -2.47. The van der Waals surface area contributed by atoms with Crippen LogP contribution in [0.25, 0.3) is 10.9 Å². The number of carbonyl (C=O) groups excluding carboxylic acids is 1. The van der Waals surface area contributed by atoms with Gasteiger partial charge in [-0.25, -0.2) is 14.4 Å². The maximum absolute atomic E-state index is 14.6. The first-order valence-electron chi connectivity index (χ1n) is 13.0. The molecule has 8 nitrogen and oxygen atoms in total. The number of nitrogens with one attached hydrogen (secondary N) is 1. The Balaban J connectivity index is 1.37. The third-order valence-electron chi connectivity index (χ3n) is 7.68. The molecule has 1 aliphatic heterocycles. The lowest BCUT2D eigenvalue weighted by molar-refractivity contribution is -0.137. The molecule has 10 heteroatoms. The maximum Gasteiger partial charge on any atom is 0.240 e. The molecule has 202 valence electrons. The molecule has 3 aromatic rings. The van der Waals surface area contributed by atoms with Crippen LogP contribution in [0, 0.1) is 5.82 Å². The zero-order chi connectivity index (χ0) is 26.8. The molecular weight excluding hydrogens is 509 g/mol. The topological polar surface area (TPSA) is 79.8 Å². The number of halogens is 2. The van der Waals surface area contributed by atoms with Gasteiger partial charge in [0.25, 0.3) is 0 Å². The lowest BCUT2D eigenvalue weighted by atomic mass is 9.94. The van der Waals surface area contributed by atoms with E-state index in [1.54, 1.807) is 31.4 Å². The molecule has 0 bridgehead atoms. The van der Waals surface area contributed by atoms with Crippen molar-refractivity contribution in [2.24, 2.45) is 0 Å². The summed E-state index contributed by atoms with van der Waals surface area (Å²) in [6.07, 6.45) is 7.54. The highest BCUT2D eigenvalue weighted by Crippen LogP contribution is 2.37. The van der Waals surface area contributed by atoms with E-state index in [0.717, 1.165) is 12.8 Å². The monoisotopic (exact) mass is 541 g/mol. The van der Waals surface area contributed by atoms with Crippen molar-refractivity contribution in [1.82, 2.24) is 19.8 Å². The van der Waals surface area contributed by atoms with E-state index in [2.05, 4.69) is 20.2 Å². The molecule has 1 saturated heterocycles. The molecule has 1 aromatic heterocycles. The Kier molecular flexibility index (Phi) is 7.85. The number of carbonyl (C=O) groups is 1. The van der Waals surface area contributed by atoms with Crippen molar-refractivity contribution in [1.29, 1.82) is 0 Å². The predicted molar refractivity (Wildman–Crippen MR) is 146 cm³/mol. The molecule has 1 amide bonds. The van der Waals surface area contributed by atoms with Crippen molar-refractivity contribution < 1.29 is 18.7 Å². The standard InChI is InChI=1S/C28H33ClFN5O3/c1-34-15-18(12-23(34)28(36)35(2)17-8-5-4-6-9-17)38-25-13-19-22(14-24(25)37-3)31-16-32-27(19)33-21-11-7-10-20(29)26(21)30/h7,10-11,13-14,16-18,23H,4-6,8-9,12,15H2,1-3H3,(H,31,32,33)/t18?,23-/m0/s1. The number of methoxy groups -OCH3 is 1. The number of likely N-dealkylation sites (N-methyl/N-ethyl adjacent to an activating group) is 2. The zero-order valence-corrected chi connectivity index (χ0v) is 22.7. The maximum atomic E-state index is 14.6. The first-order chi connectivity index (χ1) is 18.4. The molecule has 2 atom stereocenters. The second-order valence-electron chi connectivity index (χ2n) is 10.1. The molecule has 1 aliphatic carbocycles. The number of likely N-dealkylation sites (tertiary alicyclic amines) is 1. The van der Waals surface area contributed by atoms with Crippen LogP contribution in [0.2, 0.25) is 5.02 Å². The van der Waals surface area contributed by atoms with Gasteiger partial charge in [-0.3, -0.25) is 9.69 Å². The Bertz CT molecular complexity index is 1320. The van der Waals surface area contributed by atoms with Gasteiger partial charge < -0.3 is 19.7 Å². The minimum Gasteiger partial charge on any atom is -0.493 e. The number of benzene rings is 2. The Labute approximate surface area is 227 Å². The van der Waals surface area contributed by atoms with Crippen molar-refractivity contribution in [3.8, 4) is 11.5 Å². The molecule has 5 rings (SSSR count). The largest absolute Gasteiger partial charge is 0.493 e. The SMILES string of the molecule is COc1cc2ncnc(Nc3cccc(Cl)c3F)c2cc1OC1C[C@@H](C(=O)N(C)C2CCCCC2)N(C)C1. The van der Waals surface area contributed by atoms with Crippen molar-refractivity contribution in [3.63, 3.8) is 0 Å². The second kappa shape index (κ2) is 11.3. The van der Waals surface area contributed by atoms with E-state index in [0.29, 0.717) is 47.2 Å². The Morgan fingerprint density at radius 2 is 1.97 bits per heavy atom. The smallest absolute Gasteiger partial charge is 0.240 e. The van der Waals surface area contributed by atoms with E-state index in [1.165, 1.54) is 31.7 Å². The third kappa shape index (κ3) is 5.35. The fraction of sp³-hybridized carbons (Fsp3) is 0.464. The average molecular weight is 542 g/mol. The van der Waals surface area contributed by atoms with Crippen molar-refractivity contribution in [2.45, 2.75) is 56.7 Å². The van der Waals surface area contributed by atoms with Crippen molar-refractivity contribution in [3.05, 3.63) is 47.5 Å². The highest BCUT2D eigenvalue weighted by atomic mass is 35.5. The van der Waals surface area contributed by atoms with Crippen LogP contribution in [0.3, 0.4) is 0 Å². The van der Waals surface area contributed by atoms with Crippen LogP contribution >= 0.6 is 11.6 Å². The lowest BCUT2D eigenvalue weighted by Gasteiger charge is -2.34. The van der Waals surface area contributed by atoms with Gasteiger partial charge in [0.05, 0.1) is 29.4 Å². The average Bonchev–Trinajstić information content (AvgIpc) is 3.30. The molecule has 0 spiro atoms. The van der Waals surface area contributed by atoms with Crippen LogP contribution in [-0.2, 0) is 4.79 Å². The number of aromatic nitrogens is 2. The fourth-order valence-corrected chi connectivity index (χ4v) is 5.71. The predicted octanol–water partition coefficient (Wildman–Crippen LogP) is 5.42. The van der Waals surface area contributed by atoms with Crippen molar-refractivity contribution >= 4 is 39.9 Å². The van der Waals surface area contributed by atoms with Crippen LogP contribution in [0.5, 0.6) is 11.5 Å². The van der Waals surface area contributed by atoms with Gasteiger partial charge in [-0.2, -0.15) is 0 Å². The number of rotatable bonds is 7. The van der Waals surface area contributed by atoms with E-state index in [1.807, 2.05) is 19.0 Å². The fourth-order valence-electron chi connectivity index (χ4n) is 5.53. The molecule has 1 N–H and O–H groups in total. The third-order valence-corrected chi connectivity index (χ3v) is 7.98. The quantitative estimate of drug-likeness (QED) is 0.428. The first-order valence-corrected chi connectivity index (χ1v) is 13.4.